The molecular weight excluding hydrogens is 378 g/mol. The van der Waals surface area contributed by atoms with E-state index >= 15 is 0 Å². The number of Topliss-reactive ketones (excluding diaryl/α,β-unsaturated/α-hetero) is 1. The summed E-state index contributed by atoms with van der Waals surface area (Å²) in [6, 6.07) is 0.237. The van der Waals surface area contributed by atoms with Gasteiger partial charge in [0.25, 0.3) is 0 Å². The molecule has 1 N–H and O–H groups in total. The lowest BCUT2D eigenvalue weighted by molar-refractivity contribution is -0.164. The molecule has 0 amide bonds. The third-order valence-corrected chi connectivity index (χ3v) is 10.3. The monoisotopic (exact) mass is 413 g/mol. The van der Waals surface area contributed by atoms with Crippen molar-refractivity contribution in [3.8, 4) is 0 Å². The molecule has 6 rings (SSSR count). The normalized spacial score (nSPS) is 53.5. The molecule has 0 radical (unpaired) electrons. The maximum absolute atomic E-state index is 12.3. The smallest absolute Gasteiger partial charge is 0.306 e. The summed E-state index contributed by atoms with van der Waals surface area (Å²) in [6.07, 6.45) is 10.4. The molecule has 2 aliphatic heterocycles. The van der Waals surface area contributed by atoms with Crippen LogP contribution in [0.2, 0.25) is 0 Å². The van der Waals surface area contributed by atoms with Gasteiger partial charge in [-0.3, -0.25) is 9.59 Å². The van der Waals surface area contributed by atoms with E-state index in [-0.39, 0.29) is 40.1 Å². The summed E-state index contributed by atoms with van der Waals surface area (Å²) < 4.78 is 12.9. The number of nitrogens with one attached hydrogen (secondary N) is 1. The van der Waals surface area contributed by atoms with Crippen LogP contribution >= 0.6 is 0 Å². The molecule has 2 spiro atoms. The maximum atomic E-state index is 12.3. The van der Waals surface area contributed by atoms with Crippen LogP contribution < -0.4 is 5.32 Å². The van der Waals surface area contributed by atoms with Crippen LogP contribution in [0.4, 0.5) is 0 Å². The first-order valence-corrected chi connectivity index (χ1v) is 12.2. The van der Waals surface area contributed by atoms with Crippen LogP contribution in [0.3, 0.4) is 0 Å². The Morgan fingerprint density at radius 1 is 1.17 bits per heavy atom. The molecule has 0 aromatic rings. The van der Waals surface area contributed by atoms with Crippen molar-refractivity contribution >= 4 is 11.8 Å². The zero-order valence-corrected chi connectivity index (χ0v) is 18.6. The summed E-state index contributed by atoms with van der Waals surface area (Å²) in [5.74, 6) is 1.21. The topological polar surface area (TPSA) is 67.9 Å². The Morgan fingerprint density at radius 3 is 2.73 bits per heavy atom. The van der Waals surface area contributed by atoms with E-state index in [2.05, 4.69) is 32.2 Å². The predicted molar refractivity (Wildman–Crippen MR) is 112 cm³/mol. The highest BCUT2D eigenvalue weighted by Gasteiger charge is 2.82. The van der Waals surface area contributed by atoms with Crippen molar-refractivity contribution in [2.24, 2.45) is 22.7 Å². The van der Waals surface area contributed by atoms with Crippen LogP contribution in [0, 0.1) is 22.7 Å². The molecule has 6 aliphatic rings. The first kappa shape index (κ1) is 19.5. The number of carbonyl (C=O) groups is 2. The van der Waals surface area contributed by atoms with Crippen LogP contribution in [0.1, 0.15) is 78.6 Å². The van der Waals surface area contributed by atoms with Crippen LogP contribution in [-0.4, -0.2) is 41.6 Å². The van der Waals surface area contributed by atoms with Gasteiger partial charge in [0, 0.05) is 42.1 Å². The van der Waals surface area contributed by atoms with E-state index in [1.165, 1.54) is 5.57 Å². The molecule has 8 atom stereocenters. The van der Waals surface area contributed by atoms with Gasteiger partial charge in [-0.25, -0.2) is 0 Å². The van der Waals surface area contributed by atoms with E-state index in [1.807, 2.05) is 0 Å². The van der Waals surface area contributed by atoms with E-state index in [4.69, 9.17) is 9.47 Å². The molecule has 0 bridgehead atoms. The van der Waals surface area contributed by atoms with Crippen molar-refractivity contribution in [3.05, 3.63) is 11.6 Å². The molecule has 0 aromatic carbocycles. The third kappa shape index (κ3) is 2.12. The zero-order chi connectivity index (χ0) is 20.9. The van der Waals surface area contributed by atoms with Crippen LogP contribution in [-0.2, 0) is 19.1 Å². The highest BCUT2D eigenvalue weighted by atomic mass is 16.6. The van der Waals surface area contributed by atoms with Gasteiger partial charge in [-0.05, 0) is 51.0 Å². The quantitative estimate of drug-likeness (QED) is 0.434. The number of epoxide rings is 1. The Labute approximate surface area is 179 Å². The summed E-state index contributed by atoms with van der Waals surface area (Å²) >= 11 is 0. The van der Waals surface area contributed by atoms with Gasteiger partial charge in [-0.1, -0.05) is 32.4 Å². The SMILES string of the molecule is CCCN[C@@H]1C=C2CC(=O)CC[C@]2(C)[C@@]23O[C@@H]2C[C@@]2(C)C(CC[C@@]24CCC(=O)O4)C13. The molecule has 0 aromatic heterocycles. The van der Waals surface area contributed by atoms with E-state index in [0.29, 0.717) is 36.9 Å². The zero-order valence-electron chi connectivity index (χ0n) is 18.6. The summed E-state index contributed by atoms with van der Waals surface area (Å²) in [7, 11) is 0. The molecule has 3 saturated carbocycles. The van der Waals surface area contributed by atoms with E-state index < -0.39 is 0 Å². The number of hydrogen-bond donors (Lipinski definition) is 1. The van der Waals surface area contributed by atoms with Crippen molar-refractivity contribution < 1.29 is 19.1 Å². The average molecular weight is 414 g/mol. The molecule has 164 valence electrons. The van der Waals surface area contributed by atoms with Crippen LogP contribution in [0.5, 0.6) is 0 Å². The summed E-state index contributed by atoms with van der Waals surface area (Å²) in [4.78, 5) is 24.5. The largest absolute Gasteiger partial charge is 0.458 e. The average Bonchev–Trinajstić information content (AvgIpc) is 3.19. The van der Waals surface area contributed by atoms with Crippen molar-refractivity contribution in [1.29, 1.82) is 0 Å². The summed E-state index contributed by atoms with van der Waals surface area (Å²) in [5.41, 5.74) is 0.809. The van der Waals surface area contributed by atoms with E-state index in [9.17, 15) is 9.59 Å². The highest BCUT2D eigenvalue weighted by Crippen LogP contribution is 2.77. The molecule has 5 fully saturated rings. The van der Waals surface area contributed by atoms with Crippen LogP contribution in [0.15, 0.2) is 11.6 Å². The number of rotatable bonds is 3. The fourth-order valence-corrected chi connectivity index (χ4v) is 8.74. The third-order valence-electron chi connectivity index (χ3n) is 10.3. The number of fused-ring (bicyclic) bond motifs is 4. The maximum Gasteiger partial charge on any atom is 0.306 e. The number of esters is 1. The molecule has 5 nitrogen and oxygen atoms in total. The lowest BCUT2D eigenvalue weighted by Crippen LogP contribution is -2.64. The van der Waals surface area contributed by atoms with E-state index in [1.54, 1.807) is 0 Å². The molecule has 2 heterocycles. The second-order valence-corrected chi connectivity index (χ2v) is 11.4. The Bertz CT molecular complexity index is 852. The first-order chi connectivity index (χ1) is 14.3. The predicted octanol–water partition coefficient (Wildman–Crippen LogP) is 3.70. The molecule has 2 unspecified atom stereocenters. The minimum Gasteiger partial charge on any atom is -0.458 e. The number of ether oxygens (including phenoxy) is 2. The Balaban J connectivity index is 1.45. The molecule has 2 saturated heterocycles. The van der Waals surface area contributed by atoms with E-state index in [0.717, 1.165) is 45.1 Å². The molecule has 5 heteroatoms. The fourth-order valence-electron chi connectivity index (χ4n) is 8.74. The standard InChI is InChI=1S/C25H35NO4/c1-4-11-26-18-13-15-12-16(27)5-8-22(15,2)25-19(29-25)14-23(3)17(21(18)25)6-9-24(23)10-7-20(28)30-24/h13,17-19,21,26H,4-12,14H2,1-3H3/t17?,18-,19-,21?,22+,23+,24-,25-/m1/s1. The Morgan fingerprint density at radius 2 is 2.00 bits per heavy atom. The summed E-state index contributed by atoms with van der Waals surface area (Å²) in [5, 5.41) is 3.83. The van der Waals surface area contributed by atoms with Gasteiger partial charge < -0.3 is 14.8 Å². The molecular formula is C25H35NO4. The molecule has 30 heavy (non-hydrogen) atoms. The number of carbonyl (C=O) groups excluding carboxylic acids is 2. The highest BCUT2D eigenvalue weighted by molar-refractivity contribution is 5.83. The van der Waals surface area contributed by atoms with Gasteiger partial charge in [0.05, 0.1) is 6.10 Å². The van der Waals surface area contributed by atoms with Crippen LogP contribution in [0.25, 0.3) is 0 Å². The lowest BCUT2D eigenvalue weighted by Gasteiger charge is -2.58. The minimum atomic E-state index is -0.296. The first-order valence-electron chi connectivity index (χ1n) is 12.2. The summed E-state index contributed by atoms with van der Waals surface area (Å²) in [6.45, 7) is 7.94. The molecule has 4 aliphatic carbocycles. The number of hydrogen-bond acceptors (Lipinski definition) is 5. The van der Waals surface area contributed by atoms with Crippen molar-refractivity contribution in [3.63, 3.8) is 0 Å². The van der Waals surface area contributed by atoms with Gasteiger partial charge in [-0.2, -0.15) is 0 Å². The van der Waals surface area contributed by atoms with Gasteiger partial charge in [-0.15, -0.1) is 0 Å². The van der Waals surface area contributed by atoms with Crippen molar-refractivity contribution in [1.82, 2.24) is 5.32 Å². The van der Waals surface area contributed by atoms with Crippen molar-refractivity contribution in [2.75, 3.05) is 6.54 Å². The van der Waals surface area contributed by atoms with Gasteiger partial charge in [0.2, 0.25) is 0 Å². The van der Waals surface area contributed by atoms with Gasteiger partial charge in [0.15, 0.2) is 0 Å². The van der Waals surface area contributed by atoms with Gasteiger partial charge in [0.1, 0.15) is 17.0 Å². The fraction of sp³-hybridized carbons (Fsp3) is 0.840. The lowest BCUT2D eigenvalue weighted by atomic mass is 9.45. The minimum absolute atomic E-state index is 0.0188. The Kier molecular flexibility index (Phi) is 3.88. The second kappa shape index (κ2) is 5.98. The number of ketones is 1. The Hall–Kier alpha value is -1.20. The van der Waals surface area contributed by atoms with Crippen molar-refractivity contribution in [2.45, 2.75) is 102 Å². The second-order valence-electron chi connectivity index (χ2n) is 11.4. The van der Waals surface area contributed by atoms with Gasteiger partial charge >= 0.3 is 5.97 Å².